The molecule has 7 heteroatoms. The van der Waals surface area contributed by atoms with Crippen molar-refractivity contribution in [1.82, 2.24) is 14.7 Å². The normalized spacial score (nSPS) is 23.4. The maximum Gasteiger partial charge on any atom is 0.327 e. The molecule has 0 N–H and O–H groups in total. The number of fused-ring (bicyclic) bond motifs is 1. The Labute approximate surface area is 165 Å². The number of carbonyl (C=O) groups excluding carboxylic acids is 2. The standard InChI is InChI=1S/C20H27ClN4O2/c21-16-5-3-6-17(15-16)23-13-11-22(12-14-23)8-1-2-9-25-19(26)18-7-4-10-24(18)20(25)27/h3,5-6,15,18H,1-2,4,7-14H2/t18-/m0/s1. The van der Waals surface area contributed by atoms with Crippen LogP contribution >= 0.6 is 11.6 Å². The molecule has 3 aliphatic heterocycles. The predicted molar refractivity (Wildman–Crippen MR) is 106 cm³/mol. The van der Waals surface area contributed by atoms with Gasteiger partial charge in [-0.15, -0.1) is 0 Å². The number of hydrogen-bond donors (Lipinski definition) is 0. The minimum absolute atomic E-state index is 0.0210. The molecular formula is C20H27ClN4O2. The molecule has 0 aromatic heterocycles. The average Bonchev–Trinajstić information content (AvgIpc) is 3.24. The van der Waals surface area contributed by atoms with Gasteiger partial charge in [-0.3, -0.25) is 14.6 Å². The Morgan fingerprint density at radius 3 is 2.52 bits per heavy atom. The predicted octanol–water partition coefficient (Wildman–Crippen LogP) is 2.67. The zero-order valence-corrected chi connectivity index (χ0v) is 16.4. The van der Waals surface area contributed by atoms with E-state index in [2.05, 4.69) is 15.9 Å². The van der Waals surface area contributed by atoms with E-state index in [1.165, 1.54) is 10.6 Å². The second-order valence-corrected chi connectivity index (χ2v) is 8.08. The first-order valence-electron chi connectivity index (χ1n) is 9.98. The van der Waals surface area contributed by atoms with Crippen molar-refractivity contribution in [3.63, 3.8) is 0 Å². The average molecular weight is 391 g/mol. The number of amides is 3. The summed E-state index contributed by atoms with van der Waals surface area (Å²) in [6.07, 6.45) is 3.68. The molecule has 4 rings (SSSR count). The lowest BCUT2D eigenvalue weighted by Gasteiger charge is -2.36. The zero-order valence-electron chi connectivity index (χ0n) is 15.6. The molecule has 3 aliphatic rings. The third-order valence-corrected chi connectivity index (χ3v) is 6.17. The highest BCUT2D eigenvalue weighted by Gasteiger charge is 2.46. The fourth-order valence-corrected chi connectivity index (χ4v) is 4.58. The van der Waals surface area contributed by atoms with Crippen molar-refractivity contribution in [2.75, 3.05) is 50.7 Å². The molecule has 3 saturated heterocycles. The molecule has 3 heterocycles. The summed E-state index contributed by atoms with van der Waals surface area (Å²) in [7, 11) is 0. The summed E-state index contributed by atoms with van der Waals surface area (Å²) >= 11 is 6.09. The number of halogens is 1. The summed E-state index contributed by atoms with van der Waals surface area (Å²) in [5.74, 6) is 0.0210. The zero-order chi connectivity index (χ0) is 18.8. The number of carbonyl (C=O) groups is 2. The minimum Gasteiger partial charge on any atom is -0.369 e. The Morgan fingerprint density at radius 2 is 1.78 bits per heavy atom. The van der Waals surface area contributed by atoms with Gasteiger partial charge in [0.05, 0.1) is 0 Å². The fourth-order valence-electron chi connectivity index (χ4n) is 4.40. The Balaban J connectivity index is 1.17. The maximum atomic E-state index is 12.3. The van der Waals surface area contributed by atoms with Crippen LogP contribution in [0, 0.1) is 0 Å². The van der Waals surface area contributed by atoms with Crippen LogP contribution in [0.2, 0.25) is 5.02 Å². The quantitative estimate of drug-likeness (QED) is 0.553. The number of piperazine rings is 1. The fraction of sp³-hybridized carbons (Fsp3) is 0.600. The molecular weight excluding hydrogens is 364 g/mol. The Kier molecular flexibility index (Phi) is 5.55. The summed E-state index contributed by atoms with van der Waals surface area (Å²) in [6, 6.07) is 7.79. The number of nitrogens with zero attached hydrogens (tertiary/aromatic N) is 4. The van der Waals surface area contributed by atoms with Gasteiger partial charge in [-0.25, -0.2) is 4.79 Å². The van der Waals surface area contributed by atoms with E-state index in [9.17, 15) is 9.59 Å². The van der Waals surface area contributed by atoms with Gasteiger partial charge in [0.2, 0.25) is 0 Å². The van der Waals surface area contributed by atoms with Crippen LogP contribution < -0.4 is 4.90 Å². The summed E-state index contributed by atoms with van der Waals surface area (Å²) in [6.45, 7) is 6.39. The van der Waals surface area contributed by atoms with E-state index >= 15 is 0 Å². The van der Waals surface area contributed by atoms with Gasteiger partial charge in [-0.05, 0) is 50.4 Å². The summed E-state index contributed by atoms with van der Waals surface area (Å²) < 4.78 is 0. The highest BCUT2D eigenvalue weighted by Crippen LogP contribution is 2.27. The van der Waals surface area contributed by atoms with Crippen LogP contribution in [-0.4, -0.2) is 78.5 Å². The monoisotopic (exact) mass is 390 g/mol. The van der Waals surface area contributed by atoms with Crippen LogP contribution in [-0.2, 0) is 4.79 Å². The SMILES string of the molecule is O=C1[C@@H]2CCCN2C(=O)N1CCCCN1CCN(c2cccc(Cl)c2)CC1. The van der Waals surface area contributed by atoms with Crippen molar-refractivity contribution < 1.29 is 9.59 Å². The molecule has 27 heavy (non-hydrogen) atoms. The molecule has 0 bridgehead atoms. The summed E-state index contributed by atoms with van der Waals surface area (Å²) in [4.78, 5) is 32.7. The highest BCUT2D eigenvalue weighted by atomic mass is 35.5. The first kappa shape index (κ1) is 18.6. The molecule has 0 aliphatic carbocycles. The van der Waals surface area contributed by atoms with E-state index in [4.69, 9.17) is 11.6 Å². The van der Waals surface area contributed by atoms with Gasteiger partial charge in [0.1, 0.15) is 6.04 Å². The largest absolute Gasteiger partial charge is 0.369 e. The Hall–Kier alpha value is -1.79. The van der Waals surface area contributed by atoms with Gasteiger partial charge in [0.15, 0.2) is 0 Å². The number of hydrogen-bond acceptors (Lipinski definition) is 4. The van der Waals surface area contributed by atoms with Gasteiger partial charge < -0.3 is 9.80 Å². The van der Waals surface area contributed by atoms with E-state index in [0.717, 1.165) is 70.0 Å². The van der Waals surface area contributed by atoms with Crippen molar-refractivity contribution in [3.05, 3.63) is 29.3 Å². The molecule has 1 aromatic carbocycles. The van der Waals surface area contributed by atoms with Crippen LogP contribution in [0.4, 0.5) is 10.5 Å². The molecule has 1 atom stereocenters. The van der Waals surface area contributed by atoms with Crippen molar-refractivity contribution in [3.8, 4) is 0 Å². The lowest BCUT2D eigenvalue weighted by molar-refractivity contribution is -0.128. The van der Waals surface area contributed by atoms with Gasteiger partial charge in [0, 0.05) is 50.0 Å². The first-order valence-corrected chi connectivity index (χ1v) is 10.4. The van der Waals surface area contributed by atoms with Crippen LogP contribution in [0.15, 0.2) is 24.3 Å². The lowest BCUT2D eigenvalue weighted by atomic mass is 10.2. The van der Waals surface area contributed by atoms with Crippen LogP contribution in [0.5, 0.6) is 0 Å². The highest BCUT2D eigenvalue weighted by molar-refractivity contribution is 6.30. The van der Waals surface area contributed by atoms with Crippen molar-refractivity contribution in [1.29, 1.82) is 0 Å². The van der Waals surface area contributed by atoms with E-state index in [-0.39, 0.29) is 18.0 Å². The van der Waals surface area contributed by atoms with Crippen LogP contribution in [0.1, 0.15) is 25.7 Å². The number of unbranched alkanes of at least 4 members (excludes halogenated alkanes) is 1. The summed E-state index contributed by atoms with van der Waals surface area (Å²) in [5.41, 5.74) is 1.19. The van der Waals surface area contributed by atoms with Crippen molar-refractivity contribution >= 4 is 29.2 Å². The third-order valence-electron chi connectivity index (χ3n) is 5.93. The van der Waals surface area contributed by atoms with Crippen LogP contribution in [0.3, 0.4) is 0 Å². The Morgan fingerprint density at radius 1 is 1.00 bits per heavy atom. The minimum atomic E-state index is -0.169. The van der Waals surface area contributed by atoms with E-state index < -0.39 is 0 Å². The smallest absolute Gasteiger partial charge is 0.327 e. The summed E-state index contributed by atoms with van der Waals surface area (Å²) in [5, 5.41) is 0.779. The molecule has 0 spiro atoms. The van der Waals surface area contributed by atoms with Gasteiger partial charge in [0.25, 0.3) is 5.91 Å². The second kappa shape index (κ2) is 8.07. The van der Waals surface area contributed by atoms with Gasteiger partial charge in [-0.2, -0.15) is 0 Å². The molecule has 0 unspecified atom stereocenters. The molecule has 0 radical (unpaired) electrons. The second-order valence-electron chi connectivity index (χ2n) is 7.64. The van der Waals surface area contributed by atoms with Gasteiger partial charge >= 0.3 is 6.03 Å². The maximum absolute atomic E-state index is 12.3. The lowest BCUT2D eigenvalue weighted by Crippen LogP contribution is -2.46. The van der Waals surface area contributed by atoms with E-state index in [1.807, 2.05) is 18.2 Å². The first-order chi connectivity index (χ1) is 13.1. The van der Waals surface area contributed by atoms with Crippen molar-refractivity contribution in [2.24, 2.45) is 0 Å². The number of urea groups is 1. The molecule has 0 saturated carbocycles. The van der Waals surface area contributed by atoms with Crippen LogP contribution in [0.25, 0.3) is 0 Å². The topological polar surface area (TPSA) is 47.1 Å². The molecule has 3 fully saturated rings. The third kappa shape index (κ3) is 3.92. The van der Waals surface area contributed by atoms with E-state index in [1.54, 1.807) is 4.90 Å². The number of imide groups is 1. The van der Waals surface area contributed by atoms with Gasteiger partial charge in [-0.1, -0.05) is 17.7 Å². The number of rotatable bonds is 6. The molecule has 6 nitrogen and oxygen atoms in total. The number of benzene rings is 1. The molecule has 146 valence electrons. The Bertz CT molecular complexity index is 683. The molecule has 3 amide bonds. The number of anilines is 1. The van der Waals surface area contributed by atoms with E-state index in [0.29, 0.717) is 6.54 Å². The molecule has 1 aromatic rings. The van der Waals surface area contributed by atoms with Crippen molar-refractivity contribution in [2.45, 2.75) is 31.7 Å².